The highest BCUT2D eigenvalue weighted by Crippen LogP contribution is 2.27. The molecule has 1 saturated heterocycles. The fraction of sp³-hybridized carbons (Fsp3) is 0.654. The lowest BCUT2D eigenvalue weighted by Crippen LogP contribution is -2.52. The molecule has 7 nitrogen and oxygen atoms in total. The minimum atomic E-state index is -0.476. The molecule has 1 aromatic carbocycles. The number of aromatic nitrogens is 2. The highest BCUT2D eigenvalue weighted by Gasteiger charge is 2.34. The number of hydrogen-bond donors (Lipinski definition) is 0. The summed E-state index contributed by atoms with van der Waals surface area (Å²) >= 11 is 0. The van der Waals surface area contributed by atoms with Crippen molar-refractivity contribution in [1.29, 1.82) is 0 Å². The van der Waals surface area contributed by atoms with Crippen molar-refractivity contribution < 1.29 is 19.1 Å². The summed E-state index contributed by atoms with van der Waals surface area (Å²) in [4.78, 5) is 26.8. The zero-order valence-electron chi connectivity index (χ0n) is 20.6. The molecule has 1 atom stereocenters. The molecule has 2 fully saturated rings. The molecule has 1 unspecified atom stereocenters. The molecule has 1 amide bonds. The lowest BCUT2D eigenvalue weighted by Gasteiger charge is -2.39. The maximum absolute atomic E-state index is 12.9. The Kier molecular flexibility index (Phi) is 6.80. The van der Waals surface area contributed by atoms with Crippen molar-refractivity contribution in [3.63, 3.8) is 0 Å². The van der Waals surface area contributed by atoms with Crippen molar-refractivity contribution in [1.82, 2.24) is 14.7 Å². The Bertz CT molecular complexity index is 1010. The third-order valence-electron chi connectivity index (χ3n) is 6.62. The second-order valence-corrected chi connectivity index (χ2v) is 10.7. The molecular weight excluding hydrogens is 418 g/mol. The number of ketones is 1. The van der Waals surface area contributed by atoms with Crippen LogP contribution in [0, 0.1) is 12.8 Å². The van der Waals surface area contributed by atoms with Crippen molar-refractivity contribution in [3.05, 3.63) is 29.5 Å². The van der Waals surface area contributed by atoms with E-state index in [0.29, 0.717) is 31.5 Å². The Morgan fingerprint density at radius 1 is 1.21 bits per heavy atom. The molecule has 1 aliphatic heterocycles. The van der Waals surface area contributed by atoms with E-state index in [0.717, 1.165) is 47.8 Å². The second kappa shape index (κ2) is 9.45. The maximum atomic E-state index is 12.9. The predicted octanol–water partition coefficient (Wildman–Crippen LogP) is 5.13. The number of Topliss-reactive ketones (excluding diaryl/α,β-unsaturated/α-hetero) is 1. The topological polar surface area (TPSA) is 73.7 Å². The van der Waals surface area contributed by atoms with Gasteiger partial charge in [-0.3, -0.25) is 9.48 Å². The highest BCUT2D eigenvalue weighted by atomic mass is 16.6. The number of carbonyl (C=O) groups excluding carboxylic acids is 2. The Balaban J connectivity index is 1.32. The van der Waals surface area contributed by atoms with Gasteiger partial charge in [-0.1, -0.05) is 0 Å². The molecule has 0 spiro atoms. The second-order valence-electron chi connectivity index (χ2n) is 10.7. The van der Waals surface area contributed by atoms with Crippen LogP contribution in [0.1, 0.15) is 75.7 Å². The van der Waals surface area contributed by atoms with Crippen LogP contribution < -0.4 is 0 Å². The maximum Gasteiger partial charge on any atom is 0.410 e. The van der Waals surface area contributed by atoms with Gasteiger partial charge in [0.05, 0.1) is 17.7 Å². The number of amides is 1. The zero-order chi connectivity index (χ0) is 23.8. The number of rotatable bonds is 8. The number of nitrogens with zero attached hydrogens (tertiary/aromatic N) is 3. The average Bonchev–Trinajstić information content (AvgIpc) is 3.08. The van der Waals surface area contributed by atoms with Gasteiger partial charge in [0.1, 0.15) is 5.60 Å². The van der Waals surface area contributed by atoms with Crippen molar-refractivity contribution in [2.75, 3.05) is 13.1 Å². The van der Waals surface area contributed by atoms with E-state index in [9.17, 15) is 9.59 Å². The van der Waals surface area contributed by atoms with Gasteiger partial charge in [-0.2, -0.15) is 5.10 Å². The predicted molar refractivity (Wildman–Crippen MR) is 128 cm³/mol. The van der Waals surface area contributed by atoms with Crippen LogP contribution in [0.4, 0.5) is 4.79 Å². The molecule has 180 valence electrons. The first kappa shape index (κ1) is 23.7. The van der Waals surface area contributed by atoms with Crippen LogP contribution in [0.5, 0.6) is 0 Å². The minimum Gasteiger partial charge on any atom is -0.444 e. The van der Waals surface area contributed by atoms with Crippen molar-refractivity contribution in [2.45, 2.75) is 91.1 Å². The molecule has 2 aliphatic rings. The number of aryl methyl sites for hydroxylation is 1. The van der Waals surface area contributed by atoms with Crippen LogP contribution in [0.25, 0.3) is 10.9 Å². The van der Waals surface area contributed by atoms with Gasteiger partial charge in [-0.05, 0) is 78.0 Å². The summed E-state index contributed by atoms with van der Waals surface area (Å²) in [7, 11) is 0. The van der Waals surface area contributed by atoms with Crippen molar-refractivity contribution in [3.8, 4) is 0 Å². The van der Waals surface area contributed by atoms with Crippen LogP contribution in [-0.4, -0.2) is 57.5 Å². The monoisotopic (exact) mass is 455 g/mol. The molecular formula is C26H37N3O4. The standard InChI is InChI=1S/C26H37N3O4/c1-17(32-20-7-6-8-20)9-12-24(30)21-10-11-23-22(18(21)2)16-29(27-23)15-19-13-28(14-19)25(31)33-26(3,4)5/h10-11,16-17,19-20H,6-9,12-15H2,1-5H3. The fourth-order valence-electron chi connectivity index (χ4n) is 4.47. The highest BCUT2D eigenvalue weighted by molar-refractivity contribution is 6.01. The van der Waals surface area contributed by atoms with E-state index in [-0.39, 0.29) is 18.0 Å². The van der Waals surface area contributed by atoms with Gasteiger partial charge in [-0.25, -0.2) is 4.79 Å². The minimum absolute atomic E-state index is 0.119. The molecule has 0 N–H and O–H groups in total. The quantitative estimate of drug-likeness (QED) is 0.516. The fourth-order valence-corrected chi connectivity index (χ4v) is 4.47. The van der Waals surface area contributed by atoms with E-state index in [4.69, 9.17) is 14.6 Å². The van der Waals surface area contributed by atoms with Gasteiger partial charge in [0.15, 0.2) is 5.78 Å². The molecule has 2 aromatic rings. The molecule has 33 heavy (non-hydrogen) atoms. The summed E-state index contributed by atoms with van der Waals surface area (Å²) in [5.74, 6) is 0.517. The molecule has 4 rings (SSSR count). The van der Waals surface area contributed by atoms with Crippen LogP contribution in [0.3, 0.4) is 0 Å². The van der Waals surface area contributed by atoms with Crippen LogP contribution >= 0.6 is 0 Å². The summed E-state index contributed by atoms with van der Waals surface area (Å²) in [5.41, 5.74) is 2.18. The van der Waals surface area contributed by atoms with Crippen molar-refractivity contribution >= 4 is 22.8 Å². The van der Waals surface area contributed by atoms with E-state index in [1.807, 2.05) is 50.7 Å². The van der Waals surface area contributed by atoms with E-state index in [1.165, 1.54) is 6.42 Å². The number of fused-ring (bicyclic) bond motifs is 1. The van der Waals surface area contributed by atoms with E-state index < -0.39 is 5.60 Å². The van der Waals surface area contributed by atoms with Crippen molar-refractivity contribution in [2.24, 2.45) is 5.92 Å². The smallest absolute Gasteiger partial charge is 0.410 e. The van der Waals surface area contributed by atoms with Crippen LogP contribution in [-0.2, 0) is 16.0 Å². The zero-order valence-corrected chi connectivity index (χ0v) is 20.6. The third kappa shape index (κ3) is 5.75. The normalized spacial score (nSPS) is 18.2. The number of carbonyl (C=O) groups is 2. The molecule has 1 aliphatic carbocycles. The first-order valence-corrected chi connectivity index (χ1v) is 12.2. The lowest BCUT2D eigenvalue weighted by molar-refractivity contribution is -0.0458. The number of ether oxygens (including phenoxy) is 2. The van der Waals surface area contributed by atoms with E-state index in [1.54, 1.807) is 4.90 Å². The van der Waals surface area contributed by atoms with Crippen LogP contribution in [0.15, 0.2) is 18.3 Å². The molecule has 0 radical (unpaired) electrons. The van der Waals surface area contributed by atoms with Gasteiger partial charge in [0, 0.05) is 49.1 Å². The first-order valence-electron chi connectivity index (χ1n) is 12.2. The average molecular weight is 456 g/mol. The van der Waals surface area contributed by atoms with Gasteiger partial charge in [0.2, 0.25) is 0 Å². The van der Waals surface area contributed by atoms with Gasteiger partial charge >= 0.3 is 6.09 Å². The SMILES string of the molecule is Cc1c(C(=O)CCC(C)OC2CCC2)ccc2nn(CC3CN(C(=O)OC(C)(C)C)C3)cc12. The summed E-state index contributed by atoms with van der Waals surface area (Å²) in [6, 6.07) is 3.84. The van der Waals surface area contributed by atoms with Gasteiger partial charge in [-0.15, -0.1) is 0 Å². The molecule has 2 heterocycles. The lowest BCUT2D eigenvalue weighted by atomic mass is 9.95. The number of benzene rings is 1. The molecule has 1 saturated carbocycles. The number of hydrogen-bond acceptors (Lipinski definition) is 5. The largest absolute Gasteiger partial charge is 0.444 e. The molecule has 1 aromatic heterocycles. The Hall–Kier alpha value is -2.41. The summed E-state index contributed by atoms with van der Waals surface area (Å²) in [6.07, 6.45) is 7.09. The summed E-state index contributed by atoms with van der Waals surface area (Å²) in [6.45, 7) is 11.8. The van der Waals surface area contributed by atoms with Gasteiger partial charge < -0.3 is 14.4 Å². The summed E-state index contributed by atoms with van der Waals surface area (Å²) in [5, 5.41) is 5.72. The number of likely N-dealkylation sites (tertiary alicyclic amines) is 1. The Labute approximate surface area is 196 Å². The van der Waals surface area contributed by atoms with Gasteiger partial charge in [0.25, 0.3) is 0 Å². The first-order chi connectivity index (χ1) is 15.6. The molecule has 7 heteroatoms. The van der Waals surface area contributed by atoms with E-state index in [2.05, 4.69) is 6.92 Å². The Morgan fingerprint density at radius 3 is 2.58 bits per heavy atom. The Morgan fingerprint density at radius 2 is 1.94 bits per heavy atom. The molecule has 0 bridgehead atoms. The third-order valence-corrected chi connectivity index (χ3v) is 6.62. The summed E-state index contributed by atoms with van der Waals surface area (Å²) < 4.78 is 13.3. The van der Waals surface area contributed by atoms with Crippen LogP contribution in [0.2, 0.25) is 0 Å². The van der Waals surface area contributed by atoms with E-state index >= 15 is 0 Å².